The summed E-state index contributed by atoms with van der Waals surface area (Å²) in [6.45, 7) is 0. The molecule has 20 heavy (non-hydrogen) atoms. The molecule has 0 aliphatic carbocycles. The Morgan fingerprint density at radius 2 is 2.10 bits per heavy atom. The van der Waals surface area contributed by atoms with Gasteiger partial charge in [0.25, 0.3) is 0 Å². The maximum atomic E-state index is 12.5. The predicted octanol–water partition coefficient (Wildman–Crippen LogP) is 3.64. The van der Waals surface area contributed by atoms with Gasteiger partial charge in [0.2, 0.25) is 5.78 Å². The first-order valence-electron chi connectivity index (χ1n) is 6.31. The van der Waals surface area contributed by atoms with Crippen LogP contribution in [0.15, 0.2) is 46.9 Å². The summed E-state index contributed by atoms with van der Waals surface area (Å²) in [6, 6.07) is 13.1. The first-order valence-corrected chi connectivity index (χ1v) is 7.10. The van der Waals surface area contributed by atoms with Gasteiger partial charge in [-0.25, -0.2) is 0 Å². The zero-order chi connectivity index (χ0) is 14.1. The Kier molecular flexibility index (Phi) is 3.49. The van der Waals surface area contributed by atoms with Crippen molar-refractivity contribution in [2.24, 2.45) is 0 Å². The molecule has 1 aliphatic heterocycles. The van der Waals surface area contributed by atoms with Gasteiger partial charge >= 0.3 is 0 Å². The molecule has 0 radical (unpaired) electrons. The van der Waals surface area contributed by atoms with Crippen LogP contribution in [0, 0.1) is 0 Å². The van der Waals surface area contributed by atoms with E-state index in [1.54, 1.807) is 25.3 Å². The third-order valence-electron chi connectivity index (χ3n) is 3.38. The van der Waals surface area contributed by atoms with Crippen LogP contribution >= 0.6 is 15.9 Å². The van der Waals surface area contributed by atoms with Crippen LogP contribution in [0.25, 0.3) is 0 Å². The predicted molar refractivity (Wildman–Crippen MR) is 79.6 cm³/mol. The fraction of sp³-hybridized carbons (Fsp3) is 0.188. The molecule has 3 nitrogen and oxygen atoms in total. The number of methoxy groups -OCH3 is 1. The molecule has 0 saturated heterocycles. The quantitative estimate of drug-likeness (QED) is 0.805. The molecular weight excluding hydrogens is 320 g/mol. The van der Waals surface area contributed by atoms with Gasteiger partial charge in [-0.1, -0.05) is 18.2 Å². The van der Waals surface area contributed by atoms with E-state index in [0.29, 0.717) is 17.7 Å². The van der Waals surface area contributed by atoms with E-state index in [4.69, 9.17) is 9.47 Å². The molecule has 1 unspecified atom stereocenters. The van der Waals surface area contributed by atoms with Crippen LogP contribution in [0.1, 0.15) is 15.9 Å². The van der Waals surface area contributed by atoms with Crippen LogP contribution in [-0.2, 0) is 6.42 Å². The SMILES string of the molecule is COc1ccc(C(=O)C2Cc3ccccc3O2)cc1Br. The van der Waals surface area contributed by atoms with Gasteiger partial charge in [-0.15, -0.1) is 0 Å². The Morgan fingerprint density at radius 1 is 1.30 bits per heavy atom. The summed E-state index contributed by atoms with van der Waals surface area (Å²) in [4.78, 5) is 12.5. The fourth-order valence-corrected chi connectivity index (χ4v) is 2.87. The lowest BCUT2D eigenvalue weighted by Gasteiger charge is -2.11. The number of para-hydroxylation sites is 1. The third-order valence-corrected chi connectivity index (χ3v) is 4.00. The van der Waals surface area contributed by atoms with Crippen molar-refractivity contribution in [2.75, 3.05) is 7.11 Å². The van der Waals surface area contributed by atoms with E-state index in [-0.39, 0.29) is 5.78 Å². The summed E-state index contributed by atoms with van der Waals surface area (Å²) in [5, 5.41) is 0. The second-order valence-corrected chi connectivity index (χ2v) is 5.49. The number of benzene rings is 2. The van der Waals surface area contributed by atoms with Gasteiger partial charge in [0.05, 0.1) is 11.6 Å². The van der Waals surface area contributed by atoms with Gasteiger partial charge in [-0.05, 0) is 45.8 Å². The van der Waals surface area contributed by atoms with Gasteiger partial charge in [-0.3, -0.25) is 4.79 Å². The Morgan fingerprint density at radius 3 is 2.80 bits per heavy atom. The number of Topliss-reactive ketones (excluding diaryl/α,β-unsaturated/α-hetero) is 1. The van der Waals surface area contributed by atoms with Crippen LogP contribution in [0.2, 0.25) is 0 Å². The highest BCUT2D eigenvalue weighted by atomic mass is 79.9. The van der Waals surface area contributed by atoms with E-state index in [1.807, 2.05) is 24.3 Å². The van der Waals surface area contributed by atoms with Crippen molar-refractivity contribution >= 4 is 21.7 Å². The second-order valence-electron chi connectivity index (χ2n) is 4.63. The van der Waals surface area contributed by atoms with Crippen molar-refractivity contribution in [3.05, 3.63) is 58.1 Å². The minimum atomic E-state index is -0.437. The Balaban J connectivity index is 1.83. The molecule has 0 bridgehead atoms. The summed E-state index contributed by atoms with van der Waals surface area (Å²) >= 11 is 3.39. The summed E-state index contributed by atoms with van der Waals surface area (Å²) in [5.74, 6) is 1.50. The lowest BCUT2D eigenvalue weighted by Crippen LogP contribution is -2.25. The highest BCUT2D eigenvalue weighted by molar-refractivity contribution is 9.10. The normalized spacial score (nSPS) is 16.4. The molecule has 0 fully saturated rings. The van der Waals surface area contributed by atoms with Crippen molar-refractivity contribution < 1.29 is 14.3 Å². The summed E-state index contributed by atoms with van der Waals surface area (Å²) < 4.78 is 11.7. The molecule has 0 saturated carbocycles. The number of hydrogen-bond donors (Lipinski definition) is 0. The molecule has 2 aromatic carbocycles. The minimum Gasteiger partial charge on any atom is -0.496 e. The number of ether oxygens (including phenoxy) is 2. The van der Waals surface area contributed by atoms with Gasteiger partial charge in [0, 0.05) is 12.0 Å². The molecule has 0 aromatic heterocycles. The molecule has 0 spiro atoms. The number of carbonyl (C=O) groups is 1. The zero-order valence-electron chi connectivity index (χ0n) is 10.9. The fourth-order valence-electron chi connectivity index (χ4n) is 2.33. The van der Waals surface area contributed by atoms with E-state index in [2.05, 4.69) is 15.9 Å². The van der Waals surface area contributed by atoms with Gasteiger partial charge in [0.15, 0.2) is 6.10 Å². The molecule has 2 aromatic rings. The van der Waals surface area contributed by atoms with Crippen molar-refractivity contribution in [3.63, 3.8) is 0 Å². The van der Waals surface area contributed by atoms with Crippen molar-refractivity contribution in [1.82, 2.24) is 0 Å². The van der Waals surface area contributed by atoms with Crippen LogP contribution in [0.5, 0.6) is 11.5 Å². The van der Waals surface area contributed by atoms with E-state index in [1.165, 1.54) is 0 Å². The van der Waals surface area contributed by atoms with Crippen molar-refractivity contribution in [1.29, 1.82) is 0 Å². The van der Waals surface area contributed by atoms with Crippen LogP contribution in [-0.4, -0.2) is 19.0 Å². The standard InChI is InChI=1S/C16H13BrO3/c1-19-14-7-6-11(8-12(14)17)16(18)15-9-10-4-2-3-5-13(10)20-15/h2-8,15H,9H2,1H3. The Hall–Kier alpha value is -1.81. The highest BCUT2D eigenvalue weighted by Crippen LogP contribution is 2.31. The molecule has 1 atom stereocenters. The smallest absolute Gasteiger partial charge is 0.203 e. The number of rotatable bonds is 3. The number of carbonyl (C=O) groups excluding carboxylic acids is 1. The average molecular weight is 333 g/mol. The van der Waals surface area contributed by atoms with Gasteiger partial charge in [0.1, 0.15) is 11.5 Å². The molecule has 0 N–H and O–H groups in total. The van der Waals surface area contributed by atoms with E-state index < -0.39 is 6.10 Å². The number of hydrogen-bond acceptors (Lipinski definition) is 3. The lowest BCUT2D eigenvalue weighted by atomic mass is 10.0. The van der Waals surface area contributed by atoms with Crippen LogP contribution in [0.3, 0.4) is 0 Å². The molecule has 4 heteroatoms. The summed E-state index contributed by atoms with van der Waals surface area (Å²) in [7, 11) is 1.60. The van der Waals surface area contributed by atoms with Gasteiger partial charge in [-0.2, -0.15) is 0 Å². The van der Waals surface area contributed by atoms with E-state index in [0.717, 1.165) is 15.8 Å². The molecule has 3 rings (SSSR count). The number of fused-ring (bicyclic) bond motifs is 1. The average Bonchev–Trinajstić information content (AvgIpc) is 2.90. The number of ketones is 1. The summed E-state index contributed by atoms with van der Waals surface area (Å²) in [6.07, 6.45) is 0.186. The van der Waals surface area contributed by atoms with Crippen LogP contribution < -0.4 is 9.47 Å². The van der Waals surface area contributed by atoms with Crippen molar-refractivity contribution in [3.8, 4) is 11.5 Å². The first-order chi connectivity index (χ1) is 9.69. The molecule has 102 valence electrons. The monoisotopic (exact) mass is 332 g/mol. The second kappa shape index (κ2) is 5.29. The largest absolute Gasteiger partial charge is 0.496 e. The number of halogens is 1. The summed E-state index contributed by atoms with van der Waals surface area (Å²) in [5.41, 5.74) is 1.70. The Labute approximate surface area is 125 Å². The van der Waals surface area contributed by atoms with Crippen LogP contribution in [0.4, 0.5) is 0 Å². The first kappa shape index (κ1) is 13.2. The molecule has 0 amide bonds. The maximum absolute atomic E-state index is 12.5. The molecule has 1 heterocycles. The zero-order valence-corrected chi connectivity index (χ0v) is 12.5. The van der Waals surface area contributed by atoms with E-state index in [9.17, 15) is 4.79 Å². The third kappa shape index (κ3) is 2.31. The molecule has 1 aliphatic rings. The lowest BCUT2D eigenvalue weighted by molar-refractivity contribution is 0.0824. The van der Waals surface area contributed by atoms with Gasteiger partial charge < -0.3 is 9.47 Å². The maximum Gasteiger partial charge on any atom is 0.203 e. The van der Waals surface area contributed by atoms with E-state index >= 15 is 0 Å². The highest BCUT2D eigenvalue weighted by Gasteiger charge is 2.29. The molecular formula is C16H13BrO3. The Bertz CT molecular complexity index is 642. The minimum absolute atomic E-state index is 0.00967. The van der Waals surface area contributed by atoms with Crippen molar-refractivity contribution in [2.45, 2.75) is 12.5 Å². The topological polar surface area (TPSA) is 35.5 Å².